The van der Waals surface area contributed by atoms with Crippen molar-refractivity contribution in [1.29, 1.82) is 0 Å². The van der Waals surface area contributed by atoms with E-state index in [9.17, 15) is 21.6 Å². The summed E-state index contributed by atoms with van der Waals surface area (Å²) in [6, 6.07) is 8.82. The highest BCUT2D eigenvalue weighted by Gasteiger charge is 2.49. The van der Waals surface area contributed by atoms with Crippen LogP contribution in [0.15, 0.2) is 47.4 Å². The number of anilines is 1. The van der Waals surface area contributed by atoms with E-state index >= 15 is 0 Å². The molecule has 0 atom stereocenters. The Morgan fingerprint density at radius 2 is 1.67 bits per heavy atom. The summed E-state index contributed by atoms with van der Waals surface area (Å²) in [5, 5.41) is 8.88. The normalized spacial score (nSPS) is 15.8. The molecule has 0 radical (unpaired) electrons. The number of benzene rings is 2. The summed E-state index contributed by atoms with van der Waals surface area (Å²) in [5.41, 5.74) is -0.588. The average Bonchev–Trinajstić information content (AvgIpc) is 3.36. The highest BCUT2D eigenvalue weighted by molar-refractivity contribution is 7.93. The van der Waals surface area contributed by atoms with Crippen LogP contribution in [0, 0.1) is 0 Å². The highest BCUT2D eigenvalue weighted by Crippen LogP contribution is 2.54. The van der Waals surface area contributed by atoms with Gasteiger partial charge in [0.1, 0.15) is 5.01 Å². The van der Waals surface area contributed by atoms with Crippen LogP contribution in [0.3, 0.4) is 0 Å². The number of sulfonamides is 1. The third-order valence-corrected chi connectivity index (χ3v) is 8.02. The average molecular weight is 494 g/mol. The number of alkyl halides is 3. The largest absolute Gasteiger partial charge is 0.416 e. The van der Waals surface area contributed by atoms with Crippen LogP contribution in [0.4, 0.5) is 18.3 Å². The van der Waals surface area contributed by atoms with E-state index in [1.165, 1.54) is 30.3 Å². The molecule has 0 bridgehead atoms. The molecule has 0 unspecified atom stereocenters. The maximum absolute atomic E-state index is 12.8. The molecule has 0 saturated heterocycles. The number of hydrogen-bond donors (Lipinski definition) is 1. The number of aromatic nitrogens is 2. The monoisotopic (exact) mass is 493 g/mol. The van der Waals surface area contributed by atoms with Crippen molar-refractivity contribution in [2.45, 2.75) is 29.3 Å². The zero-order chi connectivity index (χ0) is 21.7. The minimum Gasteiger partial charge on any atom is -0.253 e. The molecule has 1 aliphatic rings. The summed E-state index contributed by atoms with van der Waals surface area (Å²) >= 11 is 12.7. The van der Waals surface area contributed by atoms with Gasteiger partial charge in [0.2, 0.25) is 5.13 Å². The Labute approximate surface area is 183 Å². The van der Waals surface area contributed by atoms with E-state index in [2.05, 4.69) is 14.9 Å². The lowest BCUT2D eigenvalue weighted by molar-refractivity contribution is -0.137. The molecule has 5 nitrogen and oxygen atoms in total. The highest BCUT2D eigenvalue weighted by atomic mass is 35.5. The zero-order valence-electron chi connectivity index (χ0n) is 14.9. The summed E-state index contributed by atoms with van der Waals surface area (Å²) in [4.78, 5) is -0.0856. The van der Waals surface area contributed by atoms with Crippen LogP contribution in [0.1, 0.15) is 29.0 Å². The molecule has 0 spiro atoms. The van der Waals surface area contributed by atoms with Gasteiger partial charge >= 0.3 is 6.18 Å². The van der Waals surface area contributed by atoms with Gasteiger partial charge in [0, 0.05) is 5.41 Å². The van der Waals surface area contributed by atoms with Crippen LogP contribution in [0.25, 0.3) is 0 Å². The molecule has 1 heterocycles. The van der Waals surface area contributed by atoms with Crippen LogP contribution in [-0.4, -0.2) is 18.6 Å². The Balaban J connectivity index is 1.57. The van der Waals surface area contributed by atoms with Crippen molar-refractivity contribution in [3.63, 3.8) is 0 Å². The molecule has 0 amide bonds. The van der Waals surface area contributed by atoms with Gasteiger partial charge in [0.25, 0.3) is 10.0 Å². The molecule has 1 saturated carbocycles. The first kappa shape index (κ1) is 21.4. The van der Waals surface area contributed by atoms with E-state index in [0.717, 1.165) is 23.5 Å². The zero-order valence-corrected chi connectivity index (χ0v) is 18.0. The molecule has 158 valence electrons. The van der Waals surface area contributed by atoms with Gasteiger partial charge in [-0.2, -0.15) is 13.2 Å². The fourth-order valence-corrected chi connectivity index (χ4v) is 5.64. The van der Waals surface area contributed by atoms with Crippen molar-refractivity contribution >= 4 is 49.7 Å². The fraction of sp³-hybridized carbons (Fsp3) is 0.222. The van der Waals surface area contributed by atoms with Gasteiger partial charge in [0.15, 0.2) is 0 Å². The summed E-state index contributed by atoms with van der Waals surface area (Å²) in [7, 11) is -3.96. The molecule has 3 aromatic rings. The Morgan fingerprint density at radius 3 is 2.23 bits per heavy atom. The smallest absolute Gasteiger partial charge is 0.253 e. The fourth-order valence-electron chi connectivity index (χ4n) is 3.01. The van der Waals surface area contributed by atoms with Gasteiger partial charge in [-0.25, -0.2) is 8.42 Å². The molecule has 2 aromatic carbocycles. The third-order valence-electron chi connectivity index (χ3n) is 4.77. The standard InChI is InChI=1S/C18H12Cl2F3N3O2S2/c19-13-6-5-12(9-14(13)20)30(27,28)26-16-25-24-15(29-16)17(7-8-17)10-1-3-11(4-2-10)18(21,22)23/h1-6,9H,7-8H2,(H,25,26). The summed E-state index contributed by atoms with van der Waals surface area (Å²) in [5.74, 6) is 0. The number of halogens is 5. The Morgan fingerprint density at radius 1 is 1.00 bits per heavy atom. The first-order valence-electron chi connectivity index (χ1n) is 8.51. The number of rotatable bonds is 5. The van der Waals surface area contributed by atoms with Gasteiger partial charge in [-0.3, -0.25) is 4.72 Å². The van der Waals surface area contributed by atoms with Gasteiger partial charge in [-0.05, 0) is 48.7 Å². The second kappa shape index (κ2) is 7.37. The predicted octanol–water partition coefficient (Wildman–Crippen LogP) is 5.74. The van der Waals surface area contributed by atoms with Crippen molar-refractivity contribution in [2.24, 2.45) is 0 Å². The molecular weight excluding hydrogens is 482 g/mol. The van der Waals surface area contributed by atoms with Crippen molar-refractivity contribution in [1.82, 2.24) is 10.2 Å². The van der Waals surface area contributed by atoms with E-state index in [0.29, 0.717) is 23.4 Å². The summed E-state index contributed by atoms with van der Waals surface area (Å²) in [6.07, 6.45) is -3.03. The van der Waals surface area contributed by atoms with Crippen molar-refractivity contribution in [2.75, 3.05) is 4.72 Å². The van der Waals surface area contributed by atoms with E-state index in [4.69, 9.17) is 23.2 Å². The molecule has 12 heteroatoms. The molecule has 1 fully saturated rings. The van der Waals surface area contributed by atoms with Crippen molar-refractivity contribution < 1.29 is 21.6 Å². The Bertz CT molecular complexity index is 1210. The SMILES string of the molecule is O=S(=O)(Nc1nnc(C2(c3ccc(C(F)(F)F)cc3)CC2)s1)c1ccc(Cl)c(Cl)c1. The first-order valence-corrected chi connectivity index (χ1v) is 11.6. The minimum atomic E-state index is -4.41. The second-order valence-electron chi connectivity index (χ2n) is 6.75. The van der Waals surface area contributed by atoms with Gasteiger partial charge in [-0.1, -0.05) is 46.7 Å². The molecule has 0 aliphatic heterocycles. The molecule has 1 aromatic heterocycles. The maximum atomic E-state index is 12.8. The lowest BCUT2D eigenvalue weighted by Gasteiger charge is -2.13. The Kier molecular flexibility index (Phi) is 5.24. The Hall–Kier alpha value is -1.88. The van der Waals surface area contributed by atoms with Gasteiger partial charge < -0.3 is 0 Å². The van der Waals surface area contributed by atoms with Crippen molar-refractivity contribution in [3.8, 4) is 0 Å². The molecule has 1 N–H and O–H groups in total. The molecule has 4 rings (SSSR count). The summed E-state index contributed by atoms with van der Waals surface area (Å²) < 4.78 is 65.9. The maximum Gasteiger partial charge on any atom is 0.416 e. The van der Waals surface area contributed by atoms with Crippen LogP contribution >= 0.6 is 34.5 Å². The van der Waals surface area contributed by atoms with E-state index < -0.39 is 27.2 Å². The second-order valence-corrected chi connectivity index (χ2v) is 10.2. The van der Waals surface area contributed by atoms with Crippen LogP contribution in [0.5, 0.6) is 0 Å². The molecular formula is C18H12Cl2F3N3O2S2. The molecule has 30 heavy (non-hydrogen) atoms. The number of nitrogens with one attached hydrogen (secondary N) is 1. The van der Waals surface area contributed by atoms with Crippen molar-refractivity contribution in [3.05, 3.63) is 68.6 Å². The minimum absolute atomic E-state index is 0.0502. The number of nitrogens with zero attached hydrogens (tertiary/aromatic N) is 2. The van der Waals surface area contributed by atoms with E-state index in [1.54, 1.807) is 0 Å². The van der Waals surface area contributed by atoms with E-state index in [1.807, 2.05) is 0 Å². The quantitative estimate of drug-likeness (QED) is 0.491. The van der Waals surface area contributed by atoms with Crippen LogP contribution in [0.2, 0.25) is 10.0 Å². The molecule has 1 aliphatic carbocycles. The van der Waals surface area contributed by atoms with E-state index in [-0.39, 0.29) is 20.1 Å². The number of hydrogen-bond acceptors (Lipinski definition) is 5. The lowest BCUT2D eigenvalue weighted by atomic mass is 9.95. The first-order chi connectivity index (χ1) is 14.0. The summed E-state index contributed by atoms with van der Waals surface area (Å²) in [6.45, 7) is 0. The van der Waals surface area contributed by atoms with Gasteiger partial charge in [0.05, 0.1) is 20.5 Å². The third kappa shape index (κ3) is 4.01. The van der Waals surface area contributed by atoms with Crippen LogP contribution in [-0.2, 0) is 21.6 Å². The van der Waals surface area contributed by atoms with Crippen LogP contribution < -0.4 is 4.72 Å². The lowest BCUT2D eigenvalue weighted by Crippen LogP contribution is -2.12. The topological polar surface area (TPSA) is 72.0 Å². The predicted molar refractivity (Wildman–Crippen MR) is 109 cm³/mol. The van der Waals surface area contributed by atoms with Gasteiger partial charge in [-0.15, -0.1) is 10.2 Å².